The summed E-state index contributed by atoms with van der Waals surface area (Å²) in [6.45, 7) is 2.51. The third-order valence-corrected chi connectivity index (χ3v) is 3.86. The molecule has 0 amide bonds. The van der Waals surface area contributed by atoms with Crippen molar-refractivity contribution in [2.24, 2.45) is 0 Å². The number of carboxylic acids is 2. The Hall–Kier alpha value is -2.09. The van der Waals surface area contributed by atoms with E-state index in [1.165, 1.54) is 5.56 Å². The molecule has 0 aliphatic rings. The van der Waals surface area contributed by atoms with Crippen LogP contribution in [0.25, 0.3) is 0 Å². The van der Waals surface area contributed by atoms with Gasteiger partial charge < -0.3 is 20.3 Å². The number of carbonyl (C=O) groups is 2. The lowest BCUT2D eigenvalue weighted by Crippen LogP contribution is -2.17. The summed E-state index contributed by atoms with van der Waals surface area (Å²) in [5.74, 6) is -2.82. The molecule has 0 saturated carbocycles. The monoisotopic (exact) mass is 443 g/mol. The first-order chi connectivity index (χ1) is 12.4. The van der Waals surface area contributed by atoms with Gasteiger partial charge in [-0.05, 0) is 52.7 Å². The summed E-state index contributed by atoms with van der Waals surface area (Å²) in [6.07, 6.45) is 0.960. The van der Waals surface area contributed by atoms with E-state index in [9.17, 15) is 0 Å². The van der Waals surface area contributed by atoms with E-state index in [1.54, 1.807) is 0 Å². The smallest absolute Gasteiger partial charge is 0.414 e. The van der Waals surface area contributed by atoms with Gasteiger partial charge in [0.15, 0.2) is 0 Å². The Bertz CT molecular complexity index is 700. The van der Waals surface area contributed by atoms with Crippen LogP contribution in [-0.4, -0.2) is 35.3 Å². The second-order valence-corrected chi connectivity index (χ2v) is 6.34. The van der Waals surface area contributed by atoms with Gasteiger partial charge in [0, 0.05) is 11.6 Å². The van der Waals surface area contributed by atoms with Crippen LogP contribution in [0.3, 0.4) is 0 Å². The number of ether oxygens (including phenoxy) is 1. The quantitative estimate of drug-likeness (QED) is 0.444. The first-order valence-corrected chi connectivity index (χ1v) is 8.86. The molecule has 0 atom stereocenters. The highest BCUT2D eigenvalue weighted by Gasteiger charge is 2.04. The number of hydrogen-bond donors (Lipinski definition) is 3. The van der Waals surface area contributed by atoms with Gasteiger partial charge >= 0.3 is 11.9 Å². The molecule has 0 aliphatic carbocycles. The lowest BCUT2D eigenvalue weighted by atomic mass is 10.2. The average molecular weight is 445 g/mol. The molecule has 0 spiro atoms. The van der Waals surface area contributed by atoms with Crippen molar-refractivity contribution in [3.63, 3.8) is 0 Å². The van der Waals surface area contributed by atoms with Crippen LogP contribution < -0.4 is 10.1 Å². The van der Waals surface area contributed by atoms with Gasteiger partial charge in [-0.2, -0.15) is 0 Å². The fourth-order valence-corrected chi connectivity index (χ4v) is 2.60. The molecule has 0 heterocycles. The molecule has 0 aliphatic heterocycles. The van der Waals surface area contributed by atoms with E-state index < -0.39 is 11.9 Å². The van der Waals surface area contributed by atoms with Crippen molar-refractivity contribution in [3.8, 4) is 5.75 Å². The maximum absolute atomic E-state index is 9.10. The van der Waals surface area contributed by atoms with E-state index in [-0.39, 0.29) is 0 Å². The van der Waals surface area contributed by atoms with E-state index in [1.807, 2.05) is 24.3 Å². The largest absolute Gasteiger partial charge is 0.492 e. The molecule has 2 rings (SSSR count). The van der Waals surface area contributed by atoms with Gasteiger partial charge in [-0.15, -0.1) is 0 Å². The van der Waals surface area contributed by atoms with E-state index in [2.05, 4.69) is 45.5 Å². The van der Waals surface area contributed by atoms with Gasteiger partial charge in [0.1, 0.15) is 5.75 Å². The van der Waals surface area contributed by atoms with Crippen molar-refractivity contribution in [2.75, 3.05) is 13.2 Å². The summed E-state index contributed by atoms with van der Waals surface area (Å²) < 4.78 is 6.59. The van der Waals surface area contributed by atoms with Crippen molar-refractivity contribution in [3.05, 3.63) is 63.6 Å². The molecule has 26 heavy (non-hydrogen) atoms. The van der Waals surface area contributed by atoms with E-state index in [0.29, 0.717) is 11.6 Å². The van der Waals surface area contributed by atoms with E-state index in [4.69, 9.17) is 36.1 Å². The topological polar surface area (TPSA) is 95.9 Å². The van der Waals surface area contributed by atoms with E-state index >= 15 is 0 Å². The Morgan fingerprint density at radius 1 is 1.08 bits per heavy atom. The van der Waals surface area contributed by atoms with Gasteiger partial charge in [0.25, 0.3) is 0 Å². The first kappa shape index (κ1) is 22.0. The van der Waals surface area contributed by atoms with Crippen molar-refractivity contribution >= 4 is 39.5 Å². The van der Waals surface area contributed by atoms with Crippen LogP contribution in [0.5, 0.6) is 5.75 Å². The maximum atomic E-state index is 9.10. The highest BCUT2D eigenvalue weighted by atomic mass is 79.9. The first-order valence-electron chi connectivity index (χ1n) is 7.69. The second-order valence-electron chi connectivity index (χ2n) is 5.05. The van der Waals surface area contributed by atoms with Crippen LogP contribution in [0.1, 0.15) is 12.0 Å². The molecule has 0 fully saturated rings. The Balaban J connectivity index is 0.000000487. The van der Waals surface area contributed by atoms with Crippen LogP contribution in [0.2, 0.25) is 5.02 Å². The predicted octanol–water partition coefficient (Wildman–Crippen LogP) is 3.82. The van der Waals surface area contributed by atoms with Gasteiger partial charge in [-0.1, -0.05) is 41.9 Å². The molecule has 2 aromatic rings. The minimum atomic E-state index is -1.82. The minimum Gasteiger partial charge on any atom is -0.492 e. The van der Waals surface area contributed by atoms with Gasteiger partial charge in [-0.3, -0.25) is 0 Å². The van der Waals surface area contributed by atoms with Crippen LogP contribution in [0.15, 0.2) is 53.0 Å². The summed E-state index contributed by atoms with van der Waals surface area (Å²) in [5.41, 5.74) is 1.30. The maximum Gasteiger partial charge on any atom is 0.414 e. The summed E-state index contributed by atoms with van der Waals surface area (Å²) >= 11 is 9.32. The number of benzene rings is 2. The SMILES string of the molecule is Clc1ccc(OCCCNCc2ccccc2)c(Br)c1.O=C(O)C(=O)O. The average Bonchev–Trinajstić information content (AvgIpc) is 2.61. The number of aliphatic carboxylic acids is 2. The third-order valence-electron chi connectivity index (χ3n) is 3.00. The number of carboxylic acid groups (broad SMARTS) is 2. The van der Waals surface area contributed by atoms with Crippen LogP contribution in [0.4, 0.5) is 0 Å². The number of halogens is 2. The normalized spacial score (nSPS) is 9.77. The highest BCUT2D eigenvalue weighted by Crippen LogP contribution is 2.27. The summed E-state index contributed by atoms with van der Waals surface area (Å²) in [7, 11) is 0. The zero-order valence-electron chi connectivity index (χ0n) is 13.8. The second kappa shape index (κ2) is 12.3. The lowest BCUT2D eigenvalue weighted by molar-refractivity contribution is -0.159. The molecule has 140 valence electrons. The molecule has 0 aromatic heterocycles. The summed E-state index contributed by atoms with van der Waals surface area (Å²) in [4.78, 5) is 18.2. The zero-order chi connectivity index (χ0) is 19.4. The van der Waals surface area contributed by atoms with Gasteiger partial charge in [-0.25, -0.2) is 9.59 Å². The highest BCUT2D eigenvalue weighted by molar-refractivity contribution is 9.10. The summed E-state index contributed by atoms with van der Waals surface area (Å²) in [5, 5.41) is 18.9. The number of rotatable bonds is 7. The van der Waals surface area contributed by atoms with Crippen molar-refractivity contribution in [2.45, 2.75) is 13.0 Å². The van der Waals surface area contributed by atoms with Crippen molar-refractivity contribution in [1.82, 2.24) is 5.32 Å². The van der Waals surface area contributed by atoms with Crippen molar-refractivity contribution < 1.29 is 24.5 Å². The lowest BCUT2D eigenvalue weighted by Gasteiger charge is -2.09. The molecule has 2 aromatic carbocycles. The summed E-state index contributed by atoms with van der Waals surface area (Å²) in [6, 6.07) is 15.9. The predicted molar refractivity (Wildman–Crippen MR) is 103 cm³/mol. The number of hydrogen-bond acceptors (Lipinski definition) is 4. The molecule has 0 saturated heterocycles. The fourth-order valence-electron chi connectivity index (χ4n) is 1.80. The Morgan fingerprint density at radius 2 is 1.73 bits per heavy atom. The Morgan fingerprint density at radius 3 is 2.31 bits per heavy atom. The molecule has 8 heteroatoms. The molecule has 6 nitrogen and oxygen atoms in total. The minimum absolute atomic E-state index is 0.683. The standard InChI is InChI=1S/C16H17BrClNO.C2H2O4/c17-15-11-14(18)7-8-16(15)20-10-4-9-19-12-13-5-2-1-3-6-13;3-1(4)2(5)6/h1-3,5-8,11,19H,4,9-10,12H2;(H,3,4)(H,5,6). The fraction of sp³-hybridized carbons (Fsp3) is 0.222. The molecule has 3 N–H and O–H groups in total. The molecular weight excluding hydrogens is 426 g/mol. The molecule has 0 unspecified atom stereocenters. The van der Waals surface area contributed by atoms with E-state index in [0.717, 1.165) is 29.7 Å². The molecular formula is C18H19BrClNO5. The number of nitrogens with one attached hydrogen (secondary N) is 1. The van der Waals surface area contributed by atoms with Gasteiger partial charge in [0.05, 0.1) is 11.1 Å². The Kier molecular flexibility index (Phi) is 10.4. The third kappa shape index (κ3) is 9.41. The van der Waals surface area contributed by atoms with Crippen LogP contribution in [-0.2, 0) is 16.1 Å². The molecule has 0 radical (unpaired) electrons. The Labute approximate surface area is 164 Å². The molecule has 0 bridgehead atoms. The van der Waals surface area contributed by atoms with Gasteiger partial charge in [0.2, 0.25) is 0 Å². The van der Waals surface area contributed by atoms with Crippen LogP contribution >= 0.6 is 27.5 Å². The van der Waals surface area contributed by atoms with Crippen molar-refractivity contribution in [1.29, 1.82) is 0 Å². The van der Waals surface area contributed by atoms with Crippen LogP contribution in [0, 0.1) is 0 Å². The zero-order valence-corrected chi connectivity index (χ0v) is 16.2.